The van der Waals surface area contributed by atoms with E-state index in [4.69, 9.17) is 15.0 Å². The molecule has 0 saturated heterocycles. The van der Waals surface area contributed by atoms with Crippen molar-refractivity contribution in [2.45, 2.75) is 6.92 Å². The Morgan fingerprint density at radius 2 is 1.19 bits per heavy atom. The first-order valence-electron chi connectivity index (χ1n) is 12.1. The van der Waals surface area contributed by atoms with E-state index in [1.807, 2.05) is 24.3 Å². The lowest BCUT2D eigenvalue weighted by Gasteiger charge is -2.11. The minimum Gasteiger partial charge on any atom is -0.276 e. The average molecular weight is 463 g/mol. The molecule has 0 bridgehead atoms. The van der Waals surface area contributed by atoms with Crippen molar-refractivity contribution in [1.82, 2.24) is 19.4 Å². The highest BCUT2D eigenvalue weighted by atomic mass is 15.1. The summed E-state index contributed by atoms with van der Waals surface area (Å²) in [5.74, 6) is 0.870. The van der Waals surface area contributed by atoms with E-state index in [2.05, 4.69) is 102 Å². The molecule has 0 aliphatic carbocycles. The van der Waals surface area contributed by atoms with Crippen LogP contribution in [0.5, 0.6) is 0 Å². The highest BCUT2D eigenvalue weighted by molar-refractivity contribution is 5.98. The number of benzene rings is 4. The summed E-state index contributed by atoms with van der Waals surface area (Å²) in [4.78, 5) is 15.1. The molecule has 7 rings (SSSR count). The number of imidazole rings is 1. The minimum absolute atomic E-state index is 0.870. The molecule has 0 aliphatic rings. The van der Waals surface area contributed by atoms with Gasteiger partial charge in [0.25, 0.3) is 0 Å². The number of aryl methyl sites for hydroxylation is 1. The monoisotopic (exact) mass is 462 g/mol. The quantitative estimate of drug-likeness (QED) is 0.270. The van der Waals surface area contributed by atoms with E-state index in [1.165, 1.54) is 5.56 Å². The van der Waals surface area contributed by atoms with Crippen molar-refractivity contribution < 1.29 is 0 Å². The first-order chi connectivity index (χ1) is 17.7. The van der Waals surface area contributed by atoms with Crippen molar-refractivity contribution in [3.63, 3.8) is 0 Å². The standard InChI is InChI=1S/C32H22N4/c1-21-9-6-10-22(19-21)26-16-8-17-27(33-26)23-11-7-12-24(20-23)31-34-28-14-3-2-13-25(28)32-35-29-15-4-5-18-30(29)36(31)32/h2-20H,1H3. The molecule has 0 spiro atoms. The van der Waals surface area contributed by atoms with Crippen molar-refractivity contribution in [1.29, 1.82) is 0 Å². The number of hydrogen-bond donors (Lipinski definition) is 0. The largest absolute Gasteiger partial charge is 0.276 e. The molecule has 0 radical (unpaired) electrons. The Morgan fingerprint density at radius 3 is 2.03 bits per heavy atom. The molecule has 4 nitrogen and oxygen atoms in total. The number of fused-ring (bicyclic) bond motifs is 5. The predicted octanol–water partition coefficient (Wildman–Crippen LogP) is 7.74. The Labute approximate surface area is 208 Å². The van der Waals surface area contributed by atoms with E-state index < -0.39 is 0 Å². The highest BCUT2D eigenvalue weighted by Crippen LogP contribution is 2.31. The molecule has 0 atom stereocenters. The third-order valence-electron chi connectivity index (χ3n) is 6.62. The second kappa shape index (κ2) is 8.14. The van der Waals surface area contributed by atoms with Crippen molar-refractivity contribution in [3.8, 4) is 33.9 Å². The summed E-state index contributed by atoms with van der Waals surface area (Å²) < 4.78 is 2.17. The number of pyridine rings is 1. The zero-order valence-electron chi connectivity index (χ0n) is 19.8. The Kier molecular flexibility index (Phi) is 4.64. The number of aromatic nitrogens is 4. The maximum Gasteiger partial charge on any atom is 0.149 e. The summed E-state index contributed by atoms with van der Waals surface area (Å²) in [6.45, 7) is 2.11. The molecule has 7 aromatic rings. The fraction of sp³-hybridized carbons (Fsp3) is 0.0312. The van der Waals surface area contributed by atoms with Crippen molar-refractivity contribution in [2.24, 2.45) is 0 Å². The molecule has 0 fully saturated rings. The van der Waals surface area contributed by atoms with Crippen LogP contribution in [0.15, 0.2) is 115 Å². The van der Waals surface area contributed by atoms with Crippen LogP contribution in [-0.2, 0) is 0 Å². The molecule has 3 aromatic heterocycles. The van der Waals surface area contributed by atoms with E-state index in [-0.39, 0.29) is 0 Å². The van der Waals surface area contributed by atoms with Crippen molar-refractivity contribution >= 4 is 27.6 Å². The zero-order chi connectivity index (χ0) is 24.1. The van der Waals surface area contributed by atoms with Gasteiger partial charge in [-0.2, -0.15) is 0 Å². The van der Waals surface area contributed by atoms with Gasteiger partial charge in [0.15, 0.2) is 0 Å². The molecular formula is C32H22N4. The number of nitrogens with zero attached hydrogens (tertiary/aromatic N) is 4. The molecule has 0 amide bonds. The molecule has 0 N–H and O–H groups in total. The summed E-state index contributed by atoms with van der Waals surface area (Å²) in [5.41, 5.74) is 10.2. The predicted molar refractivity (Wildman–Crippen MR) is 147 cm³/mol. The second-order valence-corrected chi connectivity index (χ2v) is 9.07. The summed E-state index contributed by atoms with van der Waals surface area (Å²) in [6, 6.07) is 39.6. The molecule has 0 saturated carbocycles. The van der Waals surface area contributed by atoms with Gasteiger partial charge in [0.2, 0.25) is 0 Å². The summed E-state index contributed by atoms with van der Waals surface area (Å²) in [6.07, 6.45) is 0. The zero-order valence-corrected chi connectivity index (χ0v) is 19.8. The van der Waals surface area contributed by atoms with Gasteiger partial charge in [-0.1, -0.05) is 72.3 Å². The molecule has 4 heteroatoms. The molecule has 0 aliphatic heterocycles. The third-order valence-corrected chi connectivity index (χ3v) is 6.62. The van der Waals surface area contributed by atoms with E-state index >= 15 is 0 Å². The second-order valence-electron chi connectivity index (χ2n) is 9.07. The van der Waals surface area contributed by atoms with E-state index in [9.17, 15) is 0 Å². The summed E-state index contributed by atoms with van der Waals surface area (Å²) >= 11 is 0. The van der Waals surface area contributed by atoms with Crippen LogP contribution >= 0.6 is 0 Å². The SMILES string of the molecule is Cc1cccc(-c2cccc(-c3cccc(-c4nc5ccccc5c5nc6ccccc6n45)c3)n2)c1. The Balaban J connectivity index is 1.43. The maximum absolute atomic E-state index is 5.11. The van der Waals surface area contributed by atoms with E-state index in [0.717, 1.165) is 61.5 Å². The van der Waals surface area contributed by atoms with Crippen LogP contribution in [0, 0.1) is 6.92 Å². The van der Waals surface area contributed by atoms with Crippen LogP contribution in [0.25, 0.3) is 61.5 Å². The maximum atomic E-state index is 5.11. The van der Waals surface area contributed by atoms with Gasteiger partial charge in [-0.3, -0.25) is 4.40 Å². The van der Waals surface area contributed by atoms with Gasteiger partial charge < -0.3 is 0 Å². The van der Waals surface area contributed by atoms with E-state index in [1.54, 1.807) is 0 Å². The summed E-state index contributed by atoms with van der Waals surface area (Å²) in [7, 11) is 0. The van der Waals surface area contributed by atoms with Crippen LogP contribution in [0.2, 0.25) is 0 Å². The molecule has 0 unspecified atom stereocenters. The van der Waals surface area contributed by atoms with Crippen LogP contribution in [0.1, 0.15) is 5.56 Å². The first kappa shape index (κ1) is 20.5. The molecular weight excluding hydrogens is 440 g/mol. The van der Waals surface area contributed by atoms with Gasteiger partial charge >= 0.3 is 0 Å². The lowest BCUT2D eigenvalue weighted by Crippen LogP contribution is -1.98. The Bertz CT molecular complexity index is 1920. The van der Waals surface area contributed by atoms with Crippen LogP contribution in [0.4, 0.5) is 0 Å². The average Bonchev–Trinajstić information content (AvgIpc) is 3.33. The van der Waals surface area contributed by atoms with Gasteiger partial charge in [0.05, 0.1) is 27.9 Å². The van der Waals surface area contributed by atoms with Gasteiger partial charge in [-0.05, 0) is 55.5 Å². The Morgan fingerprint density at radius 1 is 0.528 bits per heavy atom. The van der Waals surface area contributed by atoms with Gasteiger partial charge in [0.1, 0.15) is 11.5 Å². The van der Waals surface area contributed by atoms with Crippen molar-refractivity contribution in [2.75, 3.05) is 0 Å². The normalized spacial score (nSPS) is 11.5. The van der Waals surface area contributed by atoms with Gasteiger partial charge in [0, 0.05) is 22.1 Å². The fourth-order valence-corrected chi connectivity index (χ4v) is 4.92. The smallest absolute Gasteiger partial charge is 0.149 e. The minimum atomic E-state index is 0.870. The van der Waals surface area contributed by atoms with Crippen LogP contribution < -0.4 is 0 Å². The lowest BCUT2D eigenvalue weighted by atomic mass is 10.0. The van der Waals surface area contributed by atoms with Gasteiger partial charge in [-0.15, -0.1) is 0 Å². The van der Waals surface area contributed by atoms with E-state index in [0.29, 0.717) is 0 Å². The number of para-hydroxylation sites is 3. The highest BCUT2D eigenvalue weighted by Gasteiger charge is 2.15. The van der Waals surface area contributed by atoms with Gasteiger partial charge in [-0.25, -0.2) is 15.0 Å². The Hall–Kier alpha value is -4.83. The van der Waals surface area contributed by atoms with Crippen LogP contribution in [-0.4, -0.2) is 19.4 Å². The van der Waals surface area contributed by atoms with Crippen molar-refractivity contribution in [3.05, 3.63) is 121 Å². The summed E-state index contributed by atoms with van der Waals surface area (Å²) in [5, 5.41) is 1.04. The fourth-order valence-electron chi connectivity index (χ4n) is 4.92. The molecule has 36 heavy (non-hydrogen) atoms. The molecule has 170 valence electrons. The molecule has 3 heterocycles. The third kappa shape index (κ3) is 3.35. The topological polar surface area (TPSA) is 43.1 Å². The number of hydrogen-bond acceptors (Lipinski definition) is 3. The van der Waals surface area contributed by atoms with Crippen LogP contribution in [0.3, 0.4) is 0 Å². The first-order valence-corrected chi connectivity index (χ1v) is 12.1. The molecule has 4 aromatic carbocycles. The number of rotatable bonds is 3. The lowest BCUT2D eigenvalue weighted by molar-refractivity contribution is 1.16.